The standard InChI is InChI=1S/C14H20O2/c1-3-5-9-14(15)12-7-6-8-13(11-12)16-10-4-2/h3,6-8,11,14-15H,1,4-5,9-10H2,2H3. The summed E-state index contributed by atoms with van der Waals surface area (Å²) in [5.74, 6) is 0.831. The first-order valence-electron chi connectivity index (χ1n) is 5.79. The van der Waals surface area contributed by atoms with Crippen LogP contribution in [-0.4, -0.2) is 11.7 Å². The second kappa shape index (κ2) is 7.07. The van der Waals surface area contributed by atoms with Crippen LogP contribution in [0.25, 0.3) is 0 Å². The van der Waals surface area contributed by atoms with Gasteiger partial charge in [0.25, 0.3) is 0 Å². The maximum absolute atomic E-state index is 9.90. The number of aliphatic hydroxyl groups is 1. The van der Waals surface area contributed by atoms with Gasteiger partial charge in [0, 0.05) is 0 Å². The first kappa shape index (κ1) is 12.8. The molecule has 2 heteroatoms. The second-order valence-electron chi connectivity index (χ2n) is 3.80. The Morgan fingerprint density at radius 3 is 3.00 bits per heavy atom. The van der Waals surface area contributed by atoms with E-state index in [1.54, 1.807) is 0 Å². The average Bonchev–Trinajstić information content (AvgIpc) is 2.33. The topological polar surface area (TPSA) is 29.5 Å². The highest BCUT2D eigenvalue weighted by molar-refractivity contribution is 5.29. The molecular weight excluding hydrogens is 200 g/mol. The summed E-state index contributed by atoms with van der Waals surface area (Å²) in [6, 6.07) is 7.66. The van der Waals surface area contributed by atoms with E-state index in [2.05, 4.69) is 13.5 Å². The smallest absolute Gasteiger partial charge is 0.119 e. The van der Waals surface area contributed by atoms with Crippen molar-refractivity contribution in [2.75, 3.05) is 6.61 Å². The zero-order chi connectivity index (χ0) is 11.8. The molecule has 16 heavy (non-hydrogen) atoms. The molecule has 0 aliphatic carbocycles. The third-order valence-corrected chi connectivity index (χ3v) is 2.36. The number of rotatable bonds is 7. The lowest BCUT2D eigenvalue weighted by molar-refractivity contribution is 0.168. The minimum atomic E-state index is -0.428. The predicted octanol–water partition coefficient (Wildman–Crippen LogP) is 3.48. The van der Waals surface area contributed by atoms with Gasteiger partial charge < -0.3 is 9.84 Å². The molecule has 1 aromatic carbocycles. The predicted molar refractivity (Wildman–Crippen MR) is 66.6 cm³/mol. The van der Waals surface area contributed by atoms with Gasteiger partial charge in [0.15, 0.2) is 0 Å². The molecule has 0 amide bonds. The molecule has 1 rings (SSSR count). The molecule has 1 unspecified atom stereocenters. The quantitative estimate of drug-likeness (QED) is 0.713. The van der Waals surface area contributed by atoms with Crippen LogP contribution in [0.3, 0.4) is 0 Å². The fraction of sp³-hybridized carbons (Fsp3) is 0.429. The van der Waals surface area contributed by atoms with Crippen molar-refractivity contribution in [2.24, 2.45) is 0 Å². The highest BCUT2D eigenvalue weighted by atomic mass is 16.5. The lowest BCUT2D eigenvalue weighted by Gasteiger charge is -2.11. The average molecular weight is 220 g/mol. The van der Waals surface area contributed by atoms with E-state index < -0.39 is 6.10 Å². The number of hydrogen-bond acceptors (Lipinski definition) is 2. The van der Waals surface area contributed by atoms with Gasteiger partial charge in [-0.2, -0.15) is 0 Å². The molecule has 88 valence electrons. The monoisotopic (exact) mass is 220 g/mol. The first-order chi connectivity index (χ1) is 7.77. The molecule has 0 spiro atoms. The van der Waals surface area contributed by atoms with Gasteiger partial charge in [0.2, 0.25) is 0 Å². The summed E-state index contributed by atoms with van der Waals surface area (Å²) in [5.41, 5.74) is 0.912. The van der Waals surface area contributed by atoms with Crippen LogP contribution in [0.15, 0.2) is 36.9 Å². The maximum atomic E-state index is 9.90. The molecule has 0 heterocycles. The summed E-state index contributed by atoms with van der Waals surface area (Å²) in [4.78, 5) is 0. The van der Waals surface area contributed by atoms with Crippen molar-refractivity contribution in [1.82, 2.24) is 0 Å². The zero-order valence-electron chi connectivity index (χ0n) is 9.86. The van der Waals surface area contributed by atoms with Gasteiger partial charge in [-0.1, -0.05) is 25.1 Å². The first-order valence-corrected chi connectivity index (χ1v) is 5.79. The van der Waals surface area contributed by atoms with E-state index >= 15 is 0 Å². The van der Waals surface area contributed by atoms with Gasteiger partial charge in [0.05, 0.1) is 12.7 Å². The van der Waals surface area contributed by atoms with Crippen molar-refractivity contribution in [1.29, 1.82) is 0 Å². The summed E-state index contributed by atoms with van der Waals surface area (Å²) >= 11 is 0. The van der Waals surface area contributed by atoms with E-state index in [-0.39, 0.29) is 0 Å². The van der Waals surface area contributed by atoms with Crippen LogP contribution in [-0.2, 0) is 0 Å². The number of ether oxygens (including phenoxy) is 1. The van der Waals surface area contributed by atoms with Gasteiger partial charge in [-0.25, -0.2) is 0 Å². The zero-order valence-corrected chi connectivity index (χ0v) is 9.86. The third kappa shape index (κ3) is 4.07. The number of allylic oxidation sites excluding steroid dienone is 1. The Hall–Kier alpha value is -1.28. The molecule has 0 saturated carbocycles. The SMILES string of the molecule is C=CCCC(O)c1cccc(OCCC)c1. The molecule has 1 atom stereocenters. The Morgan fingerprint density at radius 2 is 2.31 bits per heavy atom. The van der Waals surface area contributed by atoms with Gasteiger partial charge in [-0.3, -0.25) is 0 Å². The van der Waals surface area contributed by atoms with E-state index in [9.17, 15) is 5.11 Å². The molecule has 0 aromatic heterocycles. The Balaban J connectivity index is 2.61. The summed E-state index contributed by atoms with van der Waals surface area (Å²) in [6.45, 7) is 6.44. The molecule has 0 saturated heterocycles. The fourth-order valence-electron chi connectivity index (χ4n) is 1.47. The Bertz CT molecular complexity index is 320. The van der Waals surface area contributed by atoms with Crippen molar-refractivity contribution in [3.05, 3.63) is 42.5 Å². The van der Waals surface area contributed by atoms with Crippen molar-refractivity contribution in [3.63, 3.8) is 0 Å². The van der Waals surface area contributed by atoms with Crippen LogP contribution >= 0.6 is 0 Å². The van der Waals surface area contributed by atoms with E-state index in [0.717, 1.165) is 24.2 Å². The summed E-state index contributed by atoms with van der Waals surface area (Å²) in [7, 11) is 0. The van der Waals surface area contributed by atoms with Crippen molar-refractivity contribution >= 4 is 0 Å². The fourth-order valence-corrected chi connectivity index (χ4v) is 1.47. The summed E-state index contributed by atoms with van der Waals surface area (Å²) < 4.78 is 5.52. The largest absolute Gasteiger partial charge is 0.494 e. The van der Waals surface area contributed by atoms with Crippen LogP contribution in [0.2, 0.25) is 0 Å². The van der Waals surface area contributed by atoms with Gasteiger partial charge >= 0.3 is 0 Å². The van der Waals surface area contributed by atoms with Crippen LogP contribution in [0.4, 0.5) is 0 Å². The second-order valence-corrected chi connectivity index (χ2v) is 3.80. The highest BCUT2D eigenvalue weighted by Crippen LogP contribution is 2.22. The molecule has 0 bridgehead atoms. The number of aliphatic hydroxyl groups excluding tert-OH is 1. The van der Waals surface area contributed by atoms with Crippen molar-refractivity contribution in [2.45, 2.75) is 32.3 Å². The number of benzene rings is 1. The molecule has 2 nitrogen and oxygen atoms in total. The Morgan fingerprint density at radius 1 is 1.50 bits per heavy atom. The van der Waals surface area contributed by atoms with Crippen LogP contribution in [0.5, 0.6) is 5.75 Å². The Kier molecular flexibility index (Phi) is 5.65. The molecule has 0 fully saturated rings. The molecule has 0 radical (unpaired) electrons. The molecule has 1 N–H and O–H groups in total. The normalized spacial score (nSPS) is 12.1. The maximum Gasteiger partial charge on any atom is 0.119 e. The molecule has 0 aliphatic rings. The van der Waals surface area contributed by atoms with E-state index in [4.69, 9.17) is 4.74 Å². The number of hydrogen-bond donors (Lipinski definition) is 1. The van der Waals surface area contributed by atoms with Gasteiger partial charge in [0.1, 0.15) is 5.75 Å². The van der Waals surface area contributed by atoms with Gasteiger partial charge in [-0.15, -0.1) is 6.58 Å². The van der Waals surface area contributed by atoms with Crippen LogP contribution < -0.4 is 4.74 Å². The van der Waals surface area contributed by atoms with Gasteiger partial charge in [-0.05, 0) is 37.0 Å². The van der Waals surface area contributed by atoms with E-state index in [1.807, 2.05) is 30.3 Å². The molecule has 0 aliphatic heterocycles. The summed E-state index contributed by atoms with van der Waals surface area (Å²) in [6.07, 6.45) is 3.91. The summed E-state index contributed by atoms with van der Waals surface area (Å²) in [5, 5.41) is 9.90. The minimum Gasteiger partial charge on any atom is -0.494 e. The van der Waals surface area contributed by atoms with E-state index in [0.29, 0.717) is 13.0 Å². The Labute approximate surface area is 97.6 Å². The lowest BCUT2D eigenvalue weighted by Crippen LogP contribution is -1.99. The minimum absolute atomic E-state index is 0.428. The van der Waals surface area contributed by atoms with E-state index in [1.165, 1.54) is 0 Å². The molecule has 1 aromatic rings. The van der Waals surface area contributed by atoms with Crippen LogP contribution in [0, 0.1) is 0 Å². The van der Waals surface area contributed by atoms with Crippen molar-refractivity contribution < 1.29 is 9.84 Å². The van der Waals surface area contributed by atoms with Crippen molar-refractivity contribution in [3.8, 4) is 5.75 Å². The molecular formula is C14H20O2. The lowest BCUT2D eigenvalue weighted by atomic mass is 10.0. The highest BCUT2D eigenvalue weighted by Gasteiger charge is 2.07. The third-order valence-electron chi connectivity index (χ3n) is 2.36. The van der Waals surface area contributed by atoms with Crippen LogP contribution in [0.1, 0.15) is 37.9 Å².